The van der Waals surface area contributed by atoms with Crippen LogP contribution in [0.4, 0.5) is 4.39 Å². The first-order valence-corrected chi connectivity index (χ1v) is 8.07. The third kappa shape index (κ3) is 2.46. The molecule has 3 aromatic rings. The van der Waals surface area contributed by atoms with E-state index >= 15 is 0 Å². The molecule has 122 valence electrons. The number of imidazole rings is 1. The van der Waals surface area contributed by atoms with Gasteiger partial charge in [-0.05, 0) is 43.5 Å². The monoisotopic (exact) mass is 323 g/mol. The molecule has 1 aliphatic rings. The molecule has 0 saturated heterocycles. The van der Waals surface area contributed by atoms with Crippen LogP contribution in [-0.4, -0.2) is 15.9 Å². The van der Waals surface area contributed by atoms with E-state index < -0.39 is 5.41 Å². The Bertz CT molecular complexity index is 927. The molecule has 0 aliphatic heterocycles. The molecule has 1 fully saturated rings. The molecular weight excluding hydrogens is 305 g/mol. The van der Waals surface area contributed by atoms with E-state index in [0.717, 1.165) is 22.4 Å². The molecule has 1 aliphatic carbocycles. The van der Waals surface area contributed by atoms with Crippen LogP contribution in [0.25, 0.3) is 11.0 Å². The fourth-order valence-corrected chi connectivity index (χ4v) is 3.24. The number of nitrogens with one attached hydrogen (secondary N) is 2. The van der Waals surface area contributed by atoms with Gasteiger partial charge in [0.1, 0.15) is 11.6 Å². The molecule has 0 radical (unpaired) electrons. The van der Waals surface area contributed by atoms with Gasteiger partial charge in [-0.15, -0.1) is 0 Å². The number of benzene rings is 2. The highest BCUT2D eigenvalue weighted by Gasteiger charge is 2.52. The highest BCUT2D eigenvalue weighted by atomic mass is 19.1. The highest BCUT2D eigenvalue weighted by molar-refractivity contribution is 5.91. The van der Waals surface area contributed by atoms with Crippen LogP contribution in [0, 0.1) is 12.7 Å². The van der Waals surface area contributed by atoms with Crippen molar-refractivity contribution in [2.24, 2.45) is 0 Å². The maximum absolute atomic E-state index is 14.0. The van der Waals surface area contributed by atoms with Gasteiger partial charge in [0.2, 0.25) is 5.91 Å². The van der Waals surface area contributed by atoms with Crippen LogP contribution in [0.5, 0.6) is 0 Å². The van der Waals surface area contributed by atoms with Crippen molar-refractivity contribution >= 4 is 16.9 Å². The standard InChI is InChI=1S/C19H18FN3O/c1-12-22-16-7-6-13(10-17(16)23-12)11-21-18(24)19(8-9-19)14-4-2-3-5-15(14)20/h2-7,10H,8-9,11H2,1H3,(H,21,24)(H,22,23). The van der Waals surface area contributed by atoms with E-state index in [9.17, 15) is 9.18 Å². The van der Waals surface area contributed by atoms with E-state index in [1.807, 2.05) is 25.1 Å². The number of carbonyl (C=O) groups is 1. The fraction of sp³-hybridized carbons (Fsp3) is 0.263. The number of rotatable bonds is 4. The highest BCUT2D eigenvalue weighted by Crippen LogP contribution is 2.49. The van der Waals surface area contributed by atoms with Crippen LogP contribution < -0.4 is 5.32 Å². The number of aromatic nitrogens is 2. The molecule has 2 N–H and O–H groups in total. The zero-order chi connectivity index (χ0) is 16.7. The van der Waals surface area contributed by atoms with Gasteiger partial charge in [-0.2, -0.15) is 0 Å². The molecule has 4 nitrogen and oxygen atoms in total. The first kappa shape index (κ1) is 14.9. The van der Waals surface area contributed by atoms with Crippen molar-refractivity contribution in [1.29, 1.82) is 0 Å². The van der Waals surface area contributed by atoms with Crippen LogP contribution in [0.15, 0.2) is 42.5 Å². The summed E-state index contributed by atoms with van der Waals surface area (Å²) in [4.78, 5) is 20.2. The Kier molecular flexibility index (Phi) is 3.37. The number of hydrogen-bond donors (Lipinski definition) is 2. The predicted octanol–water partition coefficient (Wildman–Crippen LogP) is 3.36. The second-order valence-electron chi connectivity index (χ2n) is 6.42. The van der Waals surface area contributed by atoms with Gasteiger partial charge in [-0.25, -0.2) is 9.37 Å². The number of carbonyl (C=O) groups excluding carboxylic acids is 1. The predicted molar refractivity (Wildman–Crippen MR) is 90.0 cm³/mol. The van der Waals surface area contributed by atoms with Crippen LogP contribution >= 0.6 is 0 Å². The quantitative estimate of drug-likeness (QED) is 0.773. The van der Waals surface area contributed by atoms with E-state index in [1.54, 1.807) is 18.2 Å². The third-order valence-corrected chi connectivity index (χ3v) is 4.69. The summed E-state index contributed by atoms with van der Waals surface area (Å²) >= 11 is 0. The van der Waals surface area contributed by atoms with Crippen molar-refractivity contribution in [3.05, 3.63) is 65.2 Å². The molecule has 2 aromatic carbocycles. The van der Waals surface area contributed by atoms with E-state index in [-0.39, 0.29) is 11.7 Å². The average Bonchev–Trinajstić information content (AvgIpc) is 3.29. The molecule has 0 atom stereocenters. The third-order valence-electron chi connectivity index (χ3n) is 4.69. The number of fused-ring (bicyclic) bond motifs is 1. The Morgan fingerprint density at radius 3 is 2.83 bits per heavy atom. The first-order valence-electron chi connectivity index (χ1n) is 8.07. The Morgan fingerprint density at radius 1 is 1.29 bits per heavy atom. The minimum Gasteiger partial charge on any atom is -0.351 e. The van der Waals surface area contributed by atoms with Gasteiger partial charge in [0.15, 0.2) is 0 Å². The Balaban J connectivity index is 1.50. The van der Waals surface area contributed by atoms with Gasteiger partial charge >= 0.3 is 0 Å². The molecule has 24 heavy (non-hydrogen) atoms. The van der Waals surface area contributed by atoms with Crippen molar-refractivity contribution in [3.8, 4) is 0 Å². The van der Waals surface area contributed by atoms with Gasteiger partial charge in [-0.3, -0.25) is 4.79 Å². The van der Waals surface area contributed by atoms with E-state index in [2.05, 4.69) is 15.3 Å². The van der Waals surface area contributed by atoms with Gasteiger partial charge < -0.3 is 10.3 Å². The van der Waals surface area contributed by atoms with Gasteiger partial charge in [0.05, 0.1) is 16.4 Å². The number of H-pyrrole nitrogens is 1. The molecule has 1 saturated carbocycles. The molecule has 0 unspecified atom stereocenters. The van der Waals surface area contributed by atoms with Crippen LogP contribution in [0.3, 0.4) is 0 Å². The van der Waals surface area contributed by atoms with Crippen molar-refractivity contribution in [3.63, 3.8) is 0 Å². The molecular formula is C19H18FN3O. The van der Waals surface area contributed by atoms with Crippen LogP contribution in [0.1, 0.15) is 29.8 Å². The summed E-state index contributed by atoms with van der Waals surface area (Å²) in [6.45, 7) is 2.33. The summed E-state index contributed by atoms with van der Waals surface area (Å²) in [7, 11) is 0. The molecule has 1 amide bonds. The molecule has 1 heterocycles. The summed E-state index contributed by atoms with van der Waals surface area (Å²) in [6, 6.07) is 12.4. The number of halogens is 1. The van der Waals surface area contributed by atoms with Crippen LogP contribution in [-0.2, 0) is 16.8 Å². The van der Waals surface area contributed by atoms with Crippen molar-refractivity contribution in [1.82, 2.24) is 15.3 Å². The Morgan fingerprint density at radius 2 is 2.08 bits per heavy atom. The van der Waals surface area contributed by atoms with E-state index in [4.69, 9.17) is 0 Å². The first-order chi connectivity index (χ1) is 11.6. The zero-order valence-corrected chi connectivity index (χ0v) is 13.4. The van der Waals surface area contributed by atoms with Gasteiger partial charge in [0.25, 0.3) is 0 Å². The number of amides is 1. The average molecular weight is 323 g/mol. The summed E-state index contributed by atoms with van der Waals surface area (Å²) in [6.07, 6.45) is 1.39. The molecule has 5 heteroatoms. The summed E-state index contributed by atoms with van der Waals surface area (Å²) in [5.74, 6) is 0.454. The summed E-state index contributed by atoms with van der Waals surface area (Å²) in [5, 5.41) is 2.96. The lowest BCUT2D eigenvalue weighted by atomic mass is 9.94. The summed E-state index contributed by atoms with van der Waals surface area (Å²) < 4.78 is 14.0. The smallest absolute Gasteiger partial charge is 0.231 e. The molecule has 0 spiro atoms. The Hall–Kier alpha value is -2.69. The molecule has 0 bridgehead atoms. The normalized spacial score (nSPS) is 15.4. The number of aryl methyl sites for hydroxylation is 1. The van der Waals surface area contributed by atoms with Crippen molar-refractivity contribution in [2.75, 3.05) is 0 Å². The molecule has 1 aromatic heterocycles. The maximum atomic E-state index is 14.0. The fourth-order valence-electron chi connectivity index (χ4n) is 3.24. The Labute approximate surface area is 139 Å². The van der Waals surface area contributed by atoms with Crippen molar-refractivity contribution in [2.45, 2.75) is 31.7 Å². The molecule has 4 rings (SSSR count). The largest absolute Gasteiger partial charge is 0.351 e. The second-order valence-corrected chi connectivity index (χ2v) is 6.42. The summed E-state index contributed by atoms with van der Waals surface area (Å²) in [5.41, 5.74) is 2.66. The maximum Gasteiger partial charge on any atom is 0.231 e. The van der Waals surface area contributed by atoms with E-state index in [1.165, 1.54) is 6.07 Å². The van der Waals surface area contributed by atoms with Crippen LogP contribution in [0.2, 0.25) is 0 Å². The number of hydrogen-bond acceptors (Lipinski definition) is 2. The second kappa shape index (κ2) is 5.44. The SMILES string of the molecule is Cc1nc2ccc(CNC(=O)C3(c4ccccc4F)CC3)cc2[nH]1. The number of aromatic amines is 1. The lowest BCUT2D eigenvalue weighted by molar-refractivity contribution is -0.123. The lowest BCUT2D eigenvalue weighted by Gasteiger charge is -2.16. The van der Waals surface area contributed by atoms with Gasteiger partial charge in [-0.1, -0.05) is 24.3 Å². The van der Waals surface area contributed by atoms with Crippen molar-refractivity contribution < 1.29 is 9.18 Å². The topological polar surface area (TPSA) is 57.8 Å². The minimum absolute atomic E-state index is 0.103. The van der Waals surface area contributed by atoms with Gasteiger partial charge in [0, 0.05) is 12.1 Å². The number of nitrogens with zero attached hydrogens (tertiary/aromatic N) is 1. The minimum atomic E-state index is -0.694. The zero-order valence-electron chi connectivity index (χ0n) is 13.4. The van der Waals surface area contributed by atoms with E-state index in [0.29, 0.717) is 24.9 Å². The lowest BCUT2D eigenvalue weighted by Crippen LogP contribution is -2.34.